The summed E-state index contributed by atoms with van der Waals surface area (Å²) < 4.78 is 4.02. The minimum Gasteiger partial charge on any atom is -0.306 e. The van der Waals surface area contributed by atoms with Crippen LogP contribution in [0.2, 0.25) is 0 Å². The molecule has 4 aromatic heterocycles. The largest absolute Gasteiger partial charge is 0.306 e. The van der Waals surface area contributed by atoms with Crippen molar-refractivity contribution in [1.29, 1.82) is 0 Å². The zero-order valence-electron chi connectivity index (χ0n) is 16.1. The van der Waals surface area contributed by atoms with Gasteiger partial charge < -0.3 is 9.30 Å². The third-order valence-corrected chi connectivity index (χ3v) is 5.63. The normalized spacial score (nSPS) is 16.6. The maximum atomic E-state index is 4.88. The summed E-state index contributed by atoms with van der Waals surface area (Å²) in [4.78, 5) is 11.8. The number of hydrogen-bond acceptors (Lipinski definition) is 4. The van der Waals surface area contributed by atoms with Gasteiger partial charge in [-0.1, -0.05) is 0 Å². The molecule has 0 radical (unpaired) electrons. The molecule has 5 rings (SSSR count). The fraction of sp³-hybridized carbons (Fsp3) is 0.381. The van der Waals surface area contributed by atoms with Gasteiger partial charge in [0.25, 0.3) is 0 Å². The first-order valence-electron chi connectivity index (χ1n) is 9.58. The highest BCUT2D eigenvalue weighted by Crippen LogP contribution is 2.28. The Bertz CT molecular complexity index is 1130. The number of rotatable bonds is 2. The van der Waals surface area contributed by atoms with Crippen LogP contribution in [0.5, 0.6) is 0 Å². The molecule has 6 nitrogen and oxygen atoms in total. The van der Waals surface area contributed by atoms with E-state index in [2.05, 4.69) is 58.8 Å². The van der Waals surface area contributed by atoms with Gasteiger partial charge in [-0.3, -0.25) is 0 Å². The number of fused-ring (bicyclic) bond motifs is 2. The molecule has 138 valence electrons. The average molecular weight is 360 g/mol. The summed E-state index contributed by atoms with van der Waals surface area (Å²) in [5.41, 5.74) is 7.29. The predicted molar refractivity (Wildman–Crippen MR) is 106 cm³/mol. The van der Waals surface area contributed by atoms with E-state index in [0.717, 1.165) is 46.9 Å². The molecule has 27 heavy (non-hydrogen) atoms. The highest BCUT2D eigenvalue weighted by atomic mass is 15.3. The van der Waals surface area contributed by atoms with Crippen LogP contribution in [-0.4, -0.2) is 49.0 Å². The summed E-state index contributed by atoms with van der Waals surface area (Å²) >= 11 is 0. The Kier molecular flexibility index (Phi) is 3.75. The van der Waals surface area contributed by atoms with Crippen molar-refractivity contribution < 1.29 is 0 Å². The van der Waals surface area contributed by atoms with Gasteiger partial charge >= 0.3 is 0 Å². The zero-order valence-corrected chi connectivity index (χ0v) is 16.1. The Balaban J connectivity index is 1.53. The molecule has 1 aliphatic rings. The van der Waals surface area contributed by atoms with Crippen LogP contribution >= 0.6 is 0 Å². The van der Waals surface area contributed by atoms with E-state index in [0.29, 0.717) is 5.92 Å². The molecule has 0 aliphatic carbocycles. The highest BCUT2D eigenvalue weighted by Gasteiger charge is 2.21. The summed E-state index contributed by atoms with van der Waals surface area (Å²) in [6.07, 6.45) is 8.68. The first kappa shape index (κ1) is 16.4. The van der Waals surface area contributed by atoms with Gasteiger partial charge in [0.15, 0.2) is 5.65 Å². The number of imidazole rings is 2. The molecule has 0 amide bonds. The van der Waals surface area contributed by atoms with Crippen LogP contribution < -0.4 is 0 Å². The van der Waals surface area contributed by atoms with E-state index in [9.17, 15) is 0 Å². The molecule has 0 unspecified atom stereocenters. The maximum Gasteiger partial charge on any atom is 0.156 e. The minimum absolute atomic E-state index is 0.565. The van der Waals surface area contributed by atoms with E-state index < -0.39 is 0 Å². The van der Waals surface area contributed by atoms with E-state index in [1.54, 1.807) is 0 Å². The van der Waals surface area contributed by atoms with Crippen LogP contribution in [0.25, 0.3) is 22.6 Å². The van der Waals surface area contributed by atoms with Crippen LogP contribution in [0, 0.1) is 13.8 Å². The molecular weight excluding hydrogens is 336 g/mol. The standard InChI is InChI=1S/C21H24N6/c1-14-10-18(24-27-11-15(2)22-21(14)27)17-4-5-20-23-19(13-26(20)12-17)16-6-8-25(3)9-7-16/h4-5,10-13,16H,6-9H2,1-3H3. The quantitative estimate of drug-likeness (QED) is 0.549. The Morgan fingerprint density at radius 3 is 2.63 bits per heavy atom. The summed E-state index contributed by atoms with van der Waals surface area (Å²) in [6.45, 7) is 6.38. The Hall–Kier alpha value is -2.73. The van der Waals surface area contributed by atoms with Crippen molar-refractivity contribution in [1.82, 2.24) is 28.9 Å². The molecule has 0 N–H and O–H groups in total. The molecule has 0 bridgehead atoms. The topological polar surface area (TPSA) is 50.7 Å². The van der Waals surface area contributed by atoms with E-state index >= 15 is 0 Å². The Morgan fingerprint density at radius 1 is 1.00 bits per heavy atom. The number of pyridine rings is 1. The van der Waals surface area contributed by atoms with Gasteiger partial charge in [-0.05, 0) is 70.6 Å². The molecule has 0 spiro atoms. The van der Waals surface area contributed by atoms with Crippen LogP contribution in [0.15, 0.2) is 36.8 Å². The van der Waals surface area contributed by atoms with Crippen LogP contribution in [0.3, 0.4) is 0 Å². The van der Waals surface area contributed by atoms with Crippen molar-refractivity contribution >= 4 is 11.3 Å². The second kappa shape index (κ2) is 6.16. The first-order chi connectivity index (χ1) is 13.1. The summed E-state index contributed by atoms with van der Waals surface area (Å²) in [6, 6.07) is 6.31. The lowest BCUT2D eigenvalue weighted by Gasteiger charge is -2.27. The number of piperidine rings is 1. The van der Waals surface area contributed by atoms with Crippen LogP contribution in [0.1, 0.15) is 35.7 Å². The average Bonchev–Trinajstić information content (AvgIpc) is 3.24. The fourth-order valence-corrected chi connectivity index (χ4v) is 4.05. The minimum atomic E-state index is 0.565. The fourth-order valence-electron chi connectivity index (χ4n) is 4.05. The van der Waals surface area contributed by atoms with Crippen molar-refractivity contribution in [2.45, 2.75) is 32.6 Å². The van der Waals surface area contributed by atoms with Crippen molar-refractivity contribution in [3.8, 4) is 11.3 Å². The second-order valence-corrected chi connectivity index (χ2v) is 7.79. The lowest BCUT2D eigenvalue weighted by atomic mass is 9.94. The van der Waals surface area contributed by atoms with E-state index in [1.165, 1.54) is 18.5 Å². The zero-order chi connectivity index (χ0) is 18.5. The molecule has 1 fully saturated rings. The molecule has 1 saturated heterocycles. The smallest absolute Gasteiger partial charge is 0.156 e. The number of hydrogen-bond donors (Lipinski definition) is 0. The Labute approximate surface area is 158 Å². The van der Waals surface area contributed by atoms with Gasteiger partial charge in [0.05, 0.1) is 23.3 Å². The monoisotopic (exact) mass is 360 g/mol. The van der Waals surface area contributed by atoms with Gasteiger partial charge in [-0.25, -0.2) is 14.5 Å². The van der Waals surface area contributed by atoms with Gasteiger partial charge in [-0.2, -0.15) is 5.10 Å². The number of aryl methyl sites for hydroxylation is 2. The molecule has 5 heterocycles. The van der Waals surface area contributed by atoms with Crippen LogP contribution in [0.4, 0.5) is 0 Å². The van der Waals surface area contributed by atoms with E-state index in [-0.39, 0.29) is 0 Å². The summed E-state index contributed by atoms with van der Waals surface area (Å²) in [5.74, 6) is 0.565. The van der Waals surface area contributed by atoms with Crippen molar-refractivity contribution in [2.24, 2.45) is 0 Å². The SMILES string of the molecule is Cc1cn2nc(-c3ccc4nc(C5CCN(C)CC5)cn4c3)cc(C)c2n1. The molecule has 4 aromatic rings. The van der Waals surface area contributed by atoms with Crippen molar-refractivity contribution in [3.05, 3.63) is 53.7 Å². The third-order valence-electron chi connectivity index (χ3n) is 5.63. The van der Waals surface area contributed by atoms with Gasteiger partial charge in [0.2, 0.25) is 0 Å². The molecule has 0 aromatic carbocycles. The summed E-state index contributed by atoms with van der Waals surface area (Å²) in [7, 11) is 2.19. The molecule has 0 atom stereocenters. The molecule has 6 heteroatoms. The van der Waals surface area contributed by atoms with Gasteiger partial charge in [0, 0.05) is 23.9 Å². The maximum absolute atomic E-state index is 4.88. The van der Waals surface area contributed by atoms with E-state index in [1.807, 2.05) is 17.6 Å². The number of nitrogens with zero attached hydrogens (tertiary/aromatic N) is 6. The van der Waals surface area contributed by atoms with E-state index in [4.69, 9.17) is 10.1 Å². The van der Waals surface area contributed by atoms with Gasteiger partial charge in [0.1, 0.15) is 5.65 Å². The van der Waals surface area contributed by atoms with Crippen molar-refractivity contribution in [3.63, 3.8) is 0 Å². The highest BCUT2D eigenvalue weighted by molar-refractivity contribution is 5.64. The molecule has 0 saturated carbocycles. The molecule has 1 aliphatic heterocycles. The first-order valence-corrected chi connectivity index (χ1v) is 9.58. The lowest BCUT2D eigenvalue weighted by Crippen LogP contribution is -2.29. The van der Waals surface area contributed by atoms with Crippen molar-refractivity contribution in [2.75, 3.05) is 20.1 Å². The lowest BCUT2D eigenvalue weighted by molar-refractivity contribution is 0.253. The predicted octanol–water partition coefficient (Wildman–Crippen LogP) is 3.47. The summed E-state index contributed by atoms with van der Waals surface area (Å²) in [5, 5.41) is 4.75. The van der Waals surface area contributed by atoms with Crippen LogP contribution in [-0.2, 0) is 0 Å². The van der Waals surface area contributed by atoms with Gasteiger partial charge in [-0.15, -0.1) is 0 Å². The number of likely N-dealkylation sites (tertiary alicyclic amines) is 1. The second-order valence-electron chi connectivity index (χ2n) is 7.79. The Morgan fingerprint density at radius 2 is 1.81 bits per heavy atom. The third kappa shape index (κ3) is 2.90. The number of aromatic nitrogens is 5. The molecular formula is C21H24N6.